The number of rotatable bonds is 4. The molecule has 0 saturated heterocycles. The number of carbonyl (C=O) groups excluding carboxylic acids is 2. The average Bonchev–Trinajstić information content (AvgIpc) is 2.89. The molecule has 0 aliphatic carbocycles. The number of furan rings is 1. The molecule has 1 N–H and O–H groups in total. The molecule has 2 rings (SSSR count). The van der Waals surface area contributed by atoms with Crippen molar-refractivity contribution in [3.8, 4) is 0 Å². The summed E-state index contributed by atoms with van der Waals surface area (Å²) < 4.78 is 10.2. The number of ether oxygens (including phenoxy) is 1. The maximum atomic E-state index is 12.1. The molecule has 1 aromatic carbocycles. The van der Waals surface area contributed by atoms with Crippen LogP contribution < -0.4 is 5.32 Å². The third kappa shape index (κ3) is 3.68. The normalized spacial score (nSPS) is 11.8. The van der Waals surface area contributed by atoms with Gasteiger partial charge in [-0.2, -0.15) is 0 Å². The number of benzene rings is 1. The first-order chi connectivity index (χ1) is 10.4. The van der Waals surface area contributed by atoms with Gasteiger partial charge in [0.1, 0.15) is 11.3 Å². The minimum atomic E-state index is -0.944. The van der Waals surface area contributed by atoms with E-state index in [-0.39, 0.29) is 0 Å². The molecule has 1 heterocycles. The number of aryl methyl sites for hydroxylation is 2. The van der Waals surface area contributed by atoms with Crippen molar-refractivity contribution >= 4 is 29.2 Å². The predicted molar refractivity (Wildman–Crippen MR) is 83.1 cm³/mol. The first-order valence-electron chi connectivity index (χ1n) is 6.70. The zero-order valence-corrected chi connectivity index (χ0v) is 13.2. The highest BCUT2D eigenvalue weighted by atomic mass is 35.5. The lowest BCUT2D eigenvalue weighted by Crippen LogP contribution is -2.30. The maximum Gasteiger partial charge on any atom is 0.342 e. The van der Waals surface area contributed by atoms with E-state index in [1.807, 2.05) is 6.92 Å². The zero-order valence-electron chi connectivity index (χ0n) is 12.5. The van der Waals surface area contributed by atoms with E-state index in [4.69, 9.17) is 20.8 Å². The standard InChI is InChI=1S/C16H16ClNO4/c1-9-4-5-12(17)8-14(9)18-15(19)11(3)22-16(20)13-6-7-21-10(13)2/h4-8,11H,1-3H3,(H,18,19)/t11-/m0/s1. The van der Waals surface area contributed by atoms with Crippen LogP contribution >= 0.6 is 11.6 Å². The Morgan fingerprint density at radius 2 is 2.00 bits per heavy atom. The Bertz CT molecular complexity index is 708. The van der Waals surface area contributed by atoms with E-state index in [0.29, 0.717) is 22.0 Å². The van der Waals surface area contributed by atoms with E-state index in [0.717, 1.165) is 5.56 Å². The second-order valence-electron chi connectivity index (χ2n) is 4.89. The quantitative estimate of drug-likeness (QED) is 0.871. The first-order valence-corrected chi connectivity index (χ1v) is 7.08. The van der Waals surface area contributed by atoms with Crippen LogP contribution in [0.2, 0.25) is 5.02 Å². The average molecular weight is 322 g/mol. The number of amides is 1. The minimum Gasteiger partial charge on any atom is -0.469 e. The highest BCUT2D eigenvalue weighted by Crippen LogP contribution is 2.20. The number of halogens is 1. The first kappa shape index (κ1) is 16.1. The van der Waals surface area contributed by atoms with Crippen LogP contribution in [0.15, 0.2) is 34.9 Å². The molecule has 116 valence electrons. The molecule has 1 aromatic heterocycles. The van der Waals surface area contributed by atoms with E-state index in [1.54, 1.807) is 25.1 Å². The summed E-state index contributed by atoms with van der Waals surface area (Å²) in [7, 11) is 0. The minimum absolute atomic E-state index is 0.304. The van der Waals surface area contributed by atoms with Gasteiger partial charge in [0, 0.05) is 10.7 Å². The van der Waals surface area contributed by atoms with Gasteiger partial charge in [-0.1, -0.05) is 17.7 Å². The summed E-state index contributed by atoms with van der Waals surface area (Å²) in [6.45, 7) is 5.00. The molecule has 0 saturated carbocycles. The van der Waals surface area contributed by atoms with Gasteiger partial charge in [0.15, 0.2) is 6.10 Å². The predicted octanol–water partition coefficient (Wildman–Crippen LogP) is 3.73. The van der Waals surface area contributed by atoms with Crippen molar-refractivity contribution in [3.05, 3.63) is 52.4 Å². The summed E-state index contributed by atoms with van der Waals surface area (Å²) in [5, 5.41) is 3.21. The van der Waals surface area contributed by atoms with Crippen LogP contribution in [-0.4, -0.2) is 18.0 Å². The highest BCUT2D eigenvalue weighted by Gasteiger charge is 2.21. The Balaban J connectivity index is 2.02. The number of hydrogen-bond donors (Lipinski definition) is 1. The molecular formula is C16H16ClNO4. The molecule has 6 heteroatoms. The SMILES string of the molecule is Cc1ccc(Cl)cc1NC(=O)[C@H](C)OC(=O)c1ccoc1C. The van der Waals surface area contributed by atoms with Crippen LogP contribution in [0.3, 0.4) is 0 Å². The van der Waals surface area contributed by atoms with E-state index >= 15 is 0 Å². The van der Waals surface area contributed by atoms with Crippen molar-refractivity contribution < 1.29 is 18.7 Å². The second-order valence-corrected chi connectivity index (χ2v) is 5.32. The smallest absolute Gasteiger partial charge is 0.342 e. The van der Waals surface area contributed by atoms with Gasteiger partial charge in [-0.15, -0.1) is 0 Å². The van der Waals surface area contributed by atoms with Crippen LogP contribution in [0.1, 0.15) is 28.6 Å². The van der Waals surface area contributed by atoms with Crippen molar-refractivity contribution in [2.45, 2.75) is 26.9 Å². The molecule has 0 aliphatic heterocycles. The van der Waals surface area contributed by atoms with Crippen molar-refractivity contribution in [2.24, 2.45) is 0 Å². The third-order valence-corrected chi connectivity index (χ3v) is 3.42. The molecule has 1 atom stereocenters. The molecule has 0 radical (unpaired) electrons. The van der Waals surface area contributed by atoms with Gasteiger partial charge < -0.3 is 14.5 Å². The van der Waals surface area contributed by atoms with Crippen molar-refractivity contribution in [3.63, 3.8) is 0 Å². The van der Waals surface area contributed by atoms with Crippen LogP contribution in [0, 0.1) is 13.8 Å². The summed E-state index contributed by atoms with van der Waals surface area (Å²) in [5.74, 6) is -0.583. The molecule has 0 spiro atoms. The van der Waals surface area contributed by atoms with Gasteiger partial charge in [0.2, 0.25) is 0 Å². The Morgan fingerprint density at radius 1 is 1.27 bits per heavy atom. The third-order valence-electron chi connectivity index (χ3n) is 3.19. The molecular weight excluding hydrogens is 306 g/mol. The van der Waals surface area contributed by atoms with Gasteiger partial charge in [0.25, 0.3) is 5.91 Å². The van der Waals surface area contributed by atoms with Crippen LogP contribution in [0.5, 0.6) is 0 Å². The topological polar surface area (TPSA) is 68.5 Å². The fourth-order valence-electron chi connectivity index (χ4n) is 1.84. The van der Waals surface area contributed by atoms with E-state index in [9.17, 15) is 9.59 Å². The van der Waals surface area contributed by atoms with Gasteiger partial charge >= 0.3 is 5.97 Å². The monoisotopic (exact) mass is 321 g/mol. The fourth-order valence-corrected chi connectivity index (χ4v) is 2.01. The number of esters is 1. The van der Waals surface area contributed by atoms with Crippen molar-refractivity contribution in [2.75, 3.05) is 5.32 Å². The largest absolute Gasteiger partial charge is 0.469 e. The lowest BCUT2D eigenvalue weighted by atomic mass is 10.2. The molecule has 2 aromatic rings. The summed E-state index contributed by atoms with van der Waals surface area (Å²) >= 11 is 5.90. The van der Waals surface area contributed by atoms with Crippen LogP contribution in [0.25, 0.3) is 0 Å². The molecule has 22 heavy (non-hydrogen) atoms. The Kier molecular flexibility index (Phi) is 4.88. The molecule has 0 fully saturated rings. The maximum absolute atomic E-state index is 12.1. The zero-order chi connectivity index (χ0) is 16.3. The lowest BCUT2D eigenvalue weighted by Gasteiger charge is -2.14. The van der Waals surface area contributed by atoms with Crippen LogP contribution in [0.4, 0.5) is 5.69 Å². The van der Waals surface area contributed by atoms with E-state index < -0.39 is 18.0 Å². The summed E-state index contributed by atoms with van der Waals surface area (Å²) in [6, 6.07) is 6.67. The number of anilines is 1. The van der Waals surface area contributed by atoms with Gasteiger partial charge in [-0.05, 0) is 44.5 Å². The van der Waals surface area contributed by atoms with Crippen molar-refractivity contribution in [1.29, 1.82) is 0 Å². The van der Waals surface area contributed by atoms with Crippen LogP contribution in [-0.2, 0) is 9.53 Å². The number of hydrogen-bond acceptors (Lipinski definition) is 4. The summed E-state index contributed by atoms with van der Waals surface area (Å²) in [4.78, 5) is 24.0. The molecule has 1 amide bonds. The summed E-state index contributed by atoms with van der Waals surface area (Å²) in [6.07, 6.45) is 0.451. The Morgan fingerprint density at radius 3 is 2.64 bits per heavy atom. The molecule has 0 aliphatic rings. The molecule has 5 nitrogen and oxygen atoms in total. The van der Waals surface area contributed by atoms with E-state index in [1.165, 1.54) is 19.3 Å². The lowest BCUT2D eigenvalue weighted by molar-refractivity contribution is -0.123. The van der Waals surface area contributed by atoms with E-state index in [2.05, 4.69) is 5.32 Å². The van der Waals surface area contributed by atoms with Gasteiger partial charge in [-0.3, -0.25) is 4.79 Å². The molecule has 0 unspecified atom stereocenters. The van der Waals surface area contributed by atoms with Gasteiger partial charge in [-0.25, -0.2) is 4.79 Å². The molecule has 0 bridgehead atoms. The van der Waals surface area contributed by atoms with Crippen molar-refractivity contribution in [1.82, 2.24) is 0 Å². The highest BCUT2D eigenvalue weighted by molar-refractivity contribution is 6.31. The van der Waals surface area contributed by atoms with Gasteiger partial charge in [0.05, 0.1) is 6.26 Å². The fraction of sp³-hybridized carbons (Fsp3) is 0.250. The second kappa shape index (κ2) is 6.66. The Labute approximate surface area is 133 Å². The number of nitrogens with one attached hydrogen (secondary N) is 1. The summed E-state index contributed by atoms with van der Waals surface area (Å²) in [5.41, 5.74) is 1.75. The Hall–Kier alpha value is -2.27. The number of carbonyl (C=O) groups is 2.